The van der Waals surface area contributed by atoms with Gasteiger partial charge in [-0.2, -0.15) is 0 Å². The van der Waals surface area contributed by atoms with Gasteiger partial charge in [0.1, 0.15) is 6.04 Å². The number of urea groups is 1. The van der Waals surface area contributed by atoms with Gasteiger partial charge in [0.05, 0.1) is 0 Å². The van der Waals surface area contributed by atoms with Gasteiger partial charge in [-0.25, -0.2) is 4.79 Å². The number of nitrogens with one attached hydrogen (secondary N) is 2. The van der Waals surface area contributed by atoms with E-state index in [1.807, 2.05) is 52.8 Å². The SMILES string of the molecule is Cc1cccc(C)c1NC(=O)N1CCCC1C(=O)NC(C)(C)C. The van der Waals surface area contributed by atoms with E-state index in [1.54, 1.807) is 4.90 Å². The second kappa shape index (κ2) is 6.60. The number of benzene rings is 1. The van der Waals surface area contributed by atoms with Crippen LogP contribution in [-0.2, 0) is 4.79 Å². The molecule has 23 heavy (non-hydrogen) atoms. The molecule has 1 aromatic rings. The third-order valence-corrected chi connectivity index (χ3v) is 4.03. The normalized spacial score (nSPS) is 18.0. The Morgan fingerprint density at radius 2 is 1.78 bits per heavy atom. The van der Waals surface area contributed by atoms with Crippen LogP contribution in [0.25, 0.3) is 0 Å². The molecule has 1 atom stereocenters. The Bertz CT molecular complexity index is 585. The number of nitrogens with zero attached hydrogens (tertiary/aromatic N) is 1. The van der Waals surface area contributed by atoms with Gasteiger partial charge in [-0.1, -0.05) is 18.2 Å². The van der Waals surface area contributed by atoms with E-state index in [0.717, 1.165) is 23.2 Å². The van der Waals surface area contributed by atoms with Crippen LogP contribution in [0.5, 0.6) is 0 Å². The monoisotopic (exact) mass is 317 g/mol. The van der Waals surface area contributed by atoms with Crippen LogP contribution in [0.3, 0.4) is 0 Å². The third kappa shape index (κ3) is 4.24. The molecule has 0 aromatic heterocycles. The number of carbonyl (C=O) groups excluding carboxylic acids is 2. The summed E-state index contributed by atoms with van der Waals surface area (Å²) in [4.78, 5) is 26.7. The van der Waals surface area contributed by atoms with Crippen LogP contribution in [0.15, 0.2) is 18.2 Å². The number of carbonyl (C=O) groups is 2. The lowest BCUT2D eigenvalue weighted by Gasteiger charge is -2.28. The average Bonchev–Trinajstić information content (AvgIpc) is 2.90. The maximum atomic E-state index is 12.6. The predicted molar refractivity (Wildman–Crippen MR) is 92.6 cm³/mol. The third-order valence-electron chi connectivity index (χ3n) is 4.03. The first-order valence-electron chi connectivity index (χ1n) is 8.15. The highest BCUT2D eigenvalue weighted by Crippen LogP contribution is 2.23. The van der Waals surface area contributed by atoms with Crippen LogP contribution in [-0.4, -0.2) is 35.0 Å². The Labute approximate surface area is 138 Å². The summed E-state index contributed by atoms with van der Waals surface area (Å²) >= 11 is 0. The van der Waals surface area contributed by atoms with Gasteiger partial charge in [0.25, 0.3) is 0 Å². The Balaban J connectivity index is 2.10. The van der Waals surface area contributed by atoms with Gasteiger partial charge >= 0.3 is 6.03 Å². The fraction of sp³-hybridized carbons (Fsp3) is 0.556. The van der Waals surface area contributed by atoms with Crippen molar-refractivity contribution in [3.63, 3.8) is 0 Å². The molecule has 0 saturated carbocycles. The molecule has 0 bridgehead atoms. The van der Waals surface area contributed by atoms with E-state index in [4.69, 9.17) is 0 Å². The molecular weight excluding hydrogens is 290 g/mol. The summed E-state index contributed by atoms with van der Waals surface area (Å²) in [6, 6.07) is 5.32. The smallest absolute Gasteiger partial charge is 0.322 e. The summed E-state index contributed by atoms with van der Waals surface area (Å²) in [5.41, 5.74) is 2.58. The number of rotatable bonds is 2. The minimum atomic E-state index is -0.390. The summed E-state index contributed by atoms with van der Waals surface area (Å²) in [5, 5.41) is 5.95. The molecule has 1 heterocycles. The van der Waals surface area contributed by atoms with Crippen molar-refractivity contribution in [2.24, 2.45) is 0 Å². The molecular formula is C18H27N3O2. The van der Waals surface area contributed by atoms with Gasteiger partial charge < -0.3 is 15.5 Å². The number of aryl methyl sites for hydroxylation is 2. The molecule has 1 aliphatic rings. The van der Waals surface area contributed by atoms with Gasteiger partial charge in [0, 0.05) is 17.8 Å². The van der Waals surface area contributed by atoms with E-state index in [-0.39, 0.29) is 17.5 Å². The summed E-state index contributed by atoms with van der Waals surface area (Å²) < 4.78 is 0. The molecule has 5 heteroatoms. The standard InChI is InChI=1S/C18H27N3O2/c1-12-8-6-9-13(2)15(12)19-17(23)21-11-7-10-14(21)16(22)20-18(3,4)5/h6,8-9,14H,7,10-11H2,1-5H3,(H,19,23)(H,20,22). The van der Waals surface area contributed by atoms with Gasteiger partial charge in [0.2, 0.25) is 5.91 Å². The molecule has 0 aliphatic carbocycles. The minimum absolute atomic E-state index is 0.0772. The van der Waals surface area contributed by atoms with E-state index in [0.29, 0.717) is 13.0 Å². The second-order valence-electron chi connectivity index (χ2n) is 7.29. The topological polar surface area (TPSA) is 61.4 Å². The second-order valence-corrected chi connectivity index (χ2v) is 7.29. The Kier molecular flexibility index (Phi) is 4.97. The van der Waals surface area contributed by atoms with Crippen LogP contribution >= 0.6 is 0 Å². The zero-order valence-electron chi connectivity index (χ0n) is 14.7. The molecule has 0 spiro atoms. The minimum Gasteiger partial charge on any atom is -0.350 e. The lowest BCUT2D eigenvalue weighted by atomic mass is 10.1. The number of para-hydroxylation sites is 1. The fourth-order valence-electron chi connectivity index (χ4n) is 2.93. The quantitative estimate of drug-likeness (QED) is 0.880. The van der Waals surface area contributed by atoms with Crippen molar-refractivity contribution in [3.05, 3.63) is 29.3 Å². The van der Waals surface area contributed by atoms with E-state index in [2.05, 4.69) is 10.6 Å². The Hall–Kier alpha value is -2.04. The molecule has 3 amide bonds. The zero-order chi connectivity index (χ0) is 17.2. The van der Waals surface area contributed by atoms with Crippen molar-refractivity contribution >= 4 is 17.6 Å². The van der Waals surface area contributed by atoms with E-state index < -0.39 is 6.04 Å². The van der Waals surface area contributed by atoms with Gasteiger partial charge in [-0.05, 0) is 58.6 Å². The highest BCUT2D eigenvalue weighted by Gasteiger charge is 2.35. The number of anilines is 1. The van der Waals surface area contributed by atoms with Crippen molar-refractivity contribution in [1.82, 2.24) is 10.2 Å². The summed E-state index contributed by atoms with van der Waals surface area (Å²) in [5.74, 6) is -0.0772. The number of likely N-dealkylation sites (tertiary alicyclic amines) is 1. The number of hydrogen-bond donors (Lipinski definition) is 2. The molecule has 5 nitrogen and oxygen atoms in total. The predicted octanol–water partition coefficient (Wildman–Crippen LogP) is 3.21. The molecule has 0 radical (unpaired) electrons. The Morgan fingerprint density at radius 3 is 2.35 bits per heavy atom. The molecule has 1 saturated heterocycles. The molecule has 2 N–H and O–H groups in total. The number of amides is 3. The van der Waals surface area contributed by atoms with Gasteiger partial charge in [0.15, 0.2) is 0 Å². The zero-order valence-corrected chi connectivity index (χ0v) is 14.7. The van der Waals surface area contributed by atoms with Crippen LogP contribution in [0.1, 0.15) is 44.7 Å². The summed E-state index contributed by atoms with van der Waals surface area (Å²) in [6.07, 6.45) is 1.56. The lowest BCUT2D eigenvalue weighted by Crippen LogP contribution is -2.52. The first kappa shape index (κ1) is 17.3. The van der Waals surface area contributed by atoms with Crippen LogP contribution in [0, 0.1) is 13.8 Å². The first-order chi connectivity index (χ1) is 10.7. The molecule has 126 valence electrons. The van der Waals surface area contributed by atoms with Gasteiger partial charge in [-0.3, -0.25) is 4.79 Å². The van der Waals surface area contributed by atoms with Crippen molar-refractivity contribution in [3.8, 4) is 0 Å². The largest absolute Gasteiger partial charge is 0.350 e. The fourth-order valence-corrected chi connectivity index (χ4v) is 2.93. The highest BCUT2D eigenvalue weighted by molar-refractivity contribution is 5.95. The van der Waals surface area contributed by atoms with Crippen LogP contribution in [0.4, 0.5) is 10.5 Å². The summed E-state index contributed by atoms with van der Waals surface area (Å²) in [6.45, 7) is 10.4. The van der Waals surface area contributed by atoms with Crippen LogP contribution in [0.2, 0.25) is 0 Å². The highest BCUT2D eigenvalue weighted by atomic mass is 16.2. The van der Waals surface area contributed by atoms with Crippen molar-refractivity contribution in [2.45, 2.75) is 59.0 Å². The van der Waals surface area contributed by atoms with Crippen molar-refractivity contribution < 1.29 is 9.59 Å². The first-order valence-corrected chi connectivity index (χ1v) is 8.15. The van der Waals surface area contributed by atoms with E-state index in [1.165, 1.54) is 0 Å². The maximum absolute atomic E-state index is 12.6. The lowest BCUT2D eigenvalue weighted by molar-refractivity contribution is -0.126. The van der Waals surface area contributed by atoms with E-state index in [9.17, 15) is 9.59 Å². The summed E-state index contributed by atoms with van der Waals surface area (Å²) in [7, 11) is 0. The molecule has 1 unspecified atom stereocenters. The maximum Gasteiger partial charge on any atom is 0.322 e. The molecule has 1 aliphatic heterocycles. The molecule has 2 rings (SSSR count). The van der Waals surface area contributed by atoms with Crippen molar-refractivity contribution in [2.75, 3.05) is 11.9 Å². The average molecular weight is 317 g/mol. The Morgan fingerprint density at radius 1 is 1.17 bits per heavy atom. The van der Waals surface area contributed by atoms with Gasteiger partial charge in [-0.15, -0.1) is 0 Å². The number of hydrogen-bond acceptors (Lipinski definition) is 2. The van der Waals surface area contributed by atoms with Crippen LogP contribution < -0.4 is 10.6 Å². The van der Waals surface area contributed by atoms with Crippen molar-refractivity contribution in [1.29, 1.82) is 0 Å². The van der Waals surface area contributed by atoms with E-state index >= 15 is 0 Å². The molecule has 1 fully saturated rings. The molecule has 1 aromatic carbocycles.